The van der Waals surface area contributed by atoms with Crippen LogP contribution in [-0.4, -0.2) is 36.5 Å². The molecule has 1 aliphatic heterocycles. The summed E-state index contributed by atoms with van der Waals surface area (Å²) >= 11 is 0. The van der Waals surface area contributed by atoms with Gasteiger partial charge in [0.15, 0.2) is 0 Å². The molecule has 2 N–H and O–H groups in total. The number of carbonyl (C=O) groups excluding carboxylic acids is 2. The first-order chi connectivity index (χ1) is 12.6. The highest BCUT2D eigenvalue weighted by atomic mass is 19.1. The second-order valence-electron chi connectivity index (χ2n) is 6.42. The normalized spacial score (nSPS) is 14.7. The molecule has 1 fully saturated rings. The number of anilines is 1. The van der Waals surface area contributed by atoms with Gasteiger partial charge in [-0.1, -0.05) is 30.3 Å². The number of likely N-dealkylation sites (tertiary alicyclic amines) is 1. The summed E-state index contributed by atoms with van der Waals surface area (Å²) < 4.78 is 13.8. The lowest BCUT2D eigenvalue weighted by Crippen LogP contribution is -2.42. The Hall–Kier alpha value is -2.89. The molecule has 3 rings (SSSR count). The van der Waals surface area contributed by atoms with Gasteiger partial charge in [0.05, 0.1) is 5.56 Å². The first-order valence-electron chi connectivity index (χ1n) is 8.77. The molecule has 3 amide bonds. The first kappa shape index (κ1) is 17.9. The number of benzene rings is 2. The van der Waals surface area contributed by atoms with Crippen LogP contribution in [0.15, 0.2) is 54.6 Å². The highest BCUT2D eigenvalue weighted by Gasteiger charge is 2.25. The quantitative estimate of drug-likeness (QED) is 0.882. The smallest absolute Gasteiger partial charge is 0.319 e. The number of nitrogens with zero attached hydrogens (tertiary/aromatic N) is 1. The molecule has 5 nitrogen and oxygen atoms in total. The summed E-state index contributed by atoms with van der Waals surface area (Å²) in [6, 6.07) is 15.1. The van der Waals surface area contributed by atoms with E-state index in [-0.39, 0.29) is 17.5 Å². The van der Waals surface area contributed by atoms with Crippen molar-refractivity contribution >= 4 is 17.6 Å². The van der Waals surface area contributed by atoms with Gasteiger partial charge >= 0.3 is 6.03 Å². The summed E-state index contributed by atoms with van der Waals surface area (Å²) in [5.41, 5.74) is 0.863. The summed E-state index contributed by atoms with van der Waals surface area (Å²) in [4.78, 5) is 26.0. The van der Waals surface area contributed by atoms with E-state index < -0.39 is 5.82 Å². The van der Waals surface area contributed by atoms with Crippen LogP contribution in [0.3, 0.4) is 0 Å². The topological polar surface area (TPSA) is 61.4 Å². The van der Waals surface area contributed by atoms with Crippen molar-refractivity contribution in [3.05, 3.63) is 66.0 Å². The number of halogens is 1. The monoisotopic (exact) mass is 355 g/mol. The van der Waals surface area contributed by atoms with Crippen molar-refractivity contribution in [1.82, 2.24) is 10.2 Å². The Morgan fingerprint density at radius 2 is 1.65 bits per heavy atom. The van der Waals surface area contributed by atoms with E-state index in [0.717, 1.165) is 18.5 Å². The molecule has 1 saturated heterocycles. The average Bonchev–Trinajstić information content (AvgIpc) is 2.67. The maximum absolute atomic E-state index is 13.8. The van der Waals surface area contributed by atoms with Gasteiger partial charge in [0.2, 0.25) is 0 Å². The minimum atomic E-state index is -0.487. The zero-order chi connectivity index (χ0) is 18.4. The number of amides is 3. The molecule has 0 spiro atoms. The van der Waals surface area contributed by atoms with Crippen LogP contribution in [0.4, 0.5) is 14.9 Å². The first-order valence-corrected chi connectivity index (χ1v) is 8.77. The summed E-state index contributed by atoms with van der Waals surface area (Å²) in [6.07, 6.45) is 1.57. The maximum Gasteiger partial charge on any atom is 0.319 e. The third-order valence-electron chi connectivity index (χ3n) is 4.59. The van der Waals surface area contributed by atoms with Crippen molar-refractivity contribution < 1.29 is 14.0 Å². The van der Waals surface area contributed by atoms with Crippen molar-refractivity contribution in [2.24, 2.45) is 5.92 Å². The molecular formula is C20H22FN3O2. The van der Waals surface area contributed by atoms with Gasteiger partial charge in [0.1, 0.15) is 5.82 Å². The van der Waals surface area contributed by atoms with E-state index in [1.54, 1.807) is 17.0 Å². The molecule has 0 bridgehead atoms. The molecular weight excluding hydrogens is 333 g/mol. The molecule has 0 unspecified atom stereocenters. The van der Waals surface area contributed by atoms with Crippen molar-refractivity contribution in [2.75, 3.05) is 25.0 Å². The lowest BCUT2D eigenvalue weighted by Gasteiger charge is -2.32. The molecule has 0 aromatic heterocycles. The molecule has 1 aliphatic rings. The van der Waals surface area contributed by atoms with Crippen molar-refractivity contribution in [2.45, 2.75) is 12.8 Å². The second-order valence-corrected chi connectivity index (χ2v) is 6.42. The van der Waals surface area contributed by atoms with E-state index in [0.29, 0.717) is 25.6 Å². The highest BCUT2D eigenvalue weighted by Crippen LogP contribution is 2.19. The Kier molecular flexibility index (Phi) is 5.84. The van der Waals surface area contributed by atoms with E-state index in [2.05, 4.69) is 10.6 Å². The summed E-state index contributed by atoms with van der Waals surface area (Å²) in [5, 5.41) is 5.65. The van der Waals surface area contributed by atoms with Crippen LogP contribution < -0.4 is 10.6 Å². The summed E-state index contributed by atoms with van der Waals surface area (Å²) in [7, 11) is 0. The second kappa shape index (κ2) is 8.47. The predicted octanol–water partition coefficient (Wildman–Crippen LogP) is 3.50. The Labute approximate surface area is 152 Å². The van der Waals surface area contributed by atoms with E-state index in [9.17, 15) is 14.0 Å². The number of piperidine rings is 1. The largest absolute Gasteiger partial charge is 0.339 e. The van der Waals surface area contributed by atoms with E-state index >= 15 is 0 Å². The fraction of sp³-hybridized carbons (Fsp3) is 0.300. The van der Waals surface area contributed by atoms with Crippen LogP contribution in [0.25, 0.3) is 0 Å². The number of rotatable bonds is 4. The lowest BCUT2D eigenvalue weighted by molar-refractivity contribution is 0.0686. The highest BCUT2D eigenvalue weighted by molar-refractivity contribution is 5.94. The number of hydrogen-bond donors (Lipinski definition) is 2. The molecule has 6 heteroatoms. The molecule has 0 aliphatic carbocycles. The Bertz CT molecular complexity index is 759. The molecule has 2 aromatic rings. The molecule has 0 atom stereocenters. The van der Waals surface area contributed by atoms with Crippen LogP contribution >= 0.6 is 0 Å². The minimum absolute atomic E-state index is 0.117. The van der Waals surface area contributed by atoms with Gasteiger partial charge in [-0.3, -0.25) is 4.79 Å². The molecule has 2 aromatic carbocycles. The Morgan fingerprint density at radius 3 is 2.35 bits per heavy atom. The number of nitrogens with one attached hydrogen (secondary N) is 2. The zero-order valence-corrected chi connectivity index (χ0v) is 14.5. The maximum atomic E-state index is 13.8. The molecule has 136 valence electrons. The molecule has 0 radical (unpaired) electrons. The van der Waals surface area contributed by atoms with Crippen LogP contribution in [0, 0.1) is 11.7 Å². The Balaban J connectivity index is 1.43. The molecule has 0 saturated carbocycles. The fourth-order valence-corrected chi connectivity index (χ4v) is 3.08. The Morgan fingerprint density at radius 1 is 1.00 bits per heavy atom. The lowest BCUT2D eigenvalue weighted by atomic mass is 9.96. The summed E-state index contributed by atoms with van der Waals surface area (Å²) in [5.74, 6) is -0.448. The third-order valence-corrected chi connectivity index (χ3v) is 4.59. The SMILES string of the molecule is O=C(NCC1CCN(C(=O)c2ccccc2F)CC1)Nc1ccccc1. The van der Waals surface area contributed by atoms with Crippen molar-refractivity contribution in [3.63, 3.8) is 0 Å². The number of hydrogen-bond acceptors (Lipinski definition) is 2. The summed E-state index contributed by atoms with van der Waals surface area (Å²) in [6.45, 7) is 1.69. The van der Waals surface area contributed by atoms with E-state index in [1.165, 1.54) is 12.1 Å². The van der Waals surface area contributed by atoms with Gasteiger partial charge in [0.25, 0.3) is 5.91 Å². The fourth-order valence-electron chi connectivity index (χ4n) is 3.08. The van der Waals surface area contributed by atoms with E-state index in [1.807, 2.05) is 30.3 Å². The average molecular weight is 355 g/mol. The van der Waals surface area contributed by atoms with Gasteiger partial charge in [0, 0.05) is 25.3 Å². The third kappa shape index (κ3) is 4.59. The van der Waals surface area contributed by atoms with Gasteiger partial charge < -0.3 is 15.5 Å². The van der Waals surface area contributed by atoms with Crippen LogP contribution in [0.2, 0.25) is 0 Å². The predicted molar refractivity (Wildman–Crippen MR) is 98.5 cm³/mol. The molecule has 1 heterocycles. The molecule has 26 heavy (non-hydrogen) atoms. The van der Waals surface area contributed by atoms with Gasteiger partial charge in [-0.25, -0.2) is 9.18 Å². The zero-order valence-electron chi connectivity index (χ0n) is 14.5. The van der Waals surface area contributed by atoms with Crippen LogP contribution in [0.1, 0.15) is 23.2 Å². The van der Waals surface area contributed by atoms with Crippen LogP contribution in [-0.2, 0) is 0 Å². The van der Waals surface area contributed by atoms with Gasteiger partial charge in [-0.2, -0.15) is 0 Å². The van der Waals surface area contributed by atoms with Crippen LogP contribution in [0.5, 0.6) is 0 Å². The standard InChI is InChI=1S/C20H22FN3O2/c21-18-9-5-4-8-17(18)19(25)24-12-10-15(11-13-24)14-22-20(26)23-16-6-2-1-3-7-16/h1-9,15H,10-14H2,(H2,22,23,26). The number of para-hydroxylation sites is 1. The van der Waals surface area contributed by atoms with E-state index in [4.69, 9.17) is 0 Å². The number of urea groups is 1. The number of carbonyl (C=O) groups is 2. The minimum Gasteiger partial charge on any atom is -0.339 e. The van der Waals surface area contributed by atoms with Gasteiger partial charge in [-0.15, -0.1) is 0 Å². The van der Waals surface area contributed by atoms with Crippen molar-refractivity contribution in [1.29, 1.82) is 0 Å². The van der Waals surface area contributed by atoms with Crippen molar-refractivity contribution in [3.8, 4) is 0 Å². The van der Waals surface area contributed by atoms with Gasteiger partial charge in [-0.05, 0) is 43.0 Å².